The van der Waals surface area contributed by atoms with Crippen molar-refractivity contribution in [3.8, 4) is 0 Å². The largest absolute Gasteiger partial charge is 0.329 e. The van der Waals surface area contributed by atoms with Crippen LogP contribution in [0.2, 0.25) is 0 Å². The van der Waals surface area contributed by atoms with Crippen molar-refractivity contribution in [2.45, 2.75) is 62.9 Å². The third-order valence-corrected chi connectivity index (χ3v) is 5.11. The van der Waals surface area contributed by atoms with Crippen LogP contribution in [0.15, 0.2) is 5.16 Å². The molecule has 0 spiro atoms. The first-order valence-corrected chi connectivity index (χ1v) is 7.89. The van der Waals surface area contributed by atoms with Crippen LogP contribution in [0.25, 0.3) is 0 Å². The van der Waals surface area contributed by atoms with Crippen molar-refractivity contribution in [1.29, 1.82) is 0 Å². The van der Waals surface area contributed by atoms with Crippen molar-refractivity contribution >= 4 is 11.8 Å². The van der Waals surface area contributed by atoms with Gasteiger partial charge in [0.2, 0.25) is 0 Å². The van der Waals surface area contributed by atoms with Crippen LogP contribution < -0.4 is 5.73 Å². The molecule has 1 aromatic heterocycles. The van der Waals surface area contributed by atoms with Gasteiger partial charge in [0, 0.05) is 18.3 Å². The predicted molar refractivity (Wildman–Crippen MR) is 75.7 cm³/mol. The molecule has 2 atom stereocenters. The molecule has 1 fully saturated rings. The molecule has 1 aliphatic rings. The van der Waals surface area contributed by atoms with E-state index in [-0.39, 0.29) is 0 Å². The van der Waals surface area contributed by atoms with E-state index in [1.54, 1.807) is 0 Å². The SMILES string of the molecule is CCC1CCCC(Sc2nnc(C)n2CCN)C1. The summed E-state index contributed by atoms with van der Waals surface area (Å²) in [7, 11) is 0. The van der Waals surface area contributed by atoms with Gasteiger partial charge in [0.15, 0.2) is 5.16 Å². The maximum Gasteiger partial charge on any atom is 0.191 e. The van der Waals surface area contributed by atoms with Crippen LogP contribution in [0.1, 0.15) is 44.9 Å². The van der Waals surface area contributed by atoms with E-state index in [0.29, 0.717) is 11.8 Å². The second-order valence-electron chi connectivity index (χ2n) is 5.15. The molecule has 2 N–H and O–H groups in total. The highest BCUT2D eigenvalue weighted by Crippen LogP contribution is 2.36. The first kappa shape index (κ1) is 13.9. The van der Waals surface area contributed by atoms with Crippen LogP contribution in [0.5, 0.6) is 0 Å². The standard InChI is InChI=1S/C13H24N4S/c1-3-11-5-4-6-12(9-11)18-13-16-15-10(2)17(13)8-7-14/h11-12H,3-9,14H2,1-2H3. The number of thioether (sulfide) groups is 1. The van der Waals surface area contributed by atoms with Crippen LogP contribution in [0.4, 0.5) is 0 Å². The highest BCUT2D eigenvalue weighted by Gasteiger charge is 2.23. The predicted octanol–water partition coefficient (Wildman–Crippen LogP) is 2.61. The highest BCUT2D eigenvalue weighted by atomic mass is 32.2. The zero-order chi connectivity index (χ0) is 13.0. The lowest BCUT2D eigenvalue weighted by atomic mass is 9.87. The van der Waals surface area contributed by atoms with Crippen molar-refractivity contribution in [3.05, 3.63) is 5.82 Å². The van der Waals surface area contributed by atoms with Gasteiger partial charge in [-0.1, -0.05) is 37.9 Å². The molecule has 0 amide bonds. The minimum absolute atomic E-state index is 0.648. The number of aromatic nitrogens is 3. The van der Waals surface area contributed by atoms with Crippen molar-refractivity contribution < 1.29 is 0 Å². The number of nitrogens with two attached hydrogens (primary N) is 1. The maximum atomic E-state index is 5.65. The Bertz CT molecular complexity index is 377. The van der Waals surface area contributed by atoms with Gasteiger partial charge >= 0.3 is 0 Å². The molecule has 0 aliphatic heterocycles. The Morgan fingerprint density at radius 1 is 1.39 bits per heavy atom. The third kappa shape index (κ3) is 3.26. The molecular formula is C13H24N4S. The highest BCUT2D eigenvalue weighted by molar-refractivity contribution is 7.99. The van der Waals surface area contributed by atoms with Gasteiger partial charge in [-0.25, -0.2) is 0 Å². The maximum absolute atomic E-state index is 5.65. The van der Waals surface area contributed by atoms with Gasteiger partial charge in [-0.15, -0.1) is 10.2 Å². The van der Waals surface area contributed by atoms with Gasteiger partial charge < -0.3 is 10.3 Å². The molecule has 2 rings (SSSR count). The molecule has 0 radical (unpaired) electrons. The monoisotopic (exact) mass is 268 g/mol. The Hall–Kier alpha value is -0.550. The molecule has 18 heavy (non-hydrogen) atoms. The molecule has 4 nitrogen and oxygen atoms in total. The first-order valence-electron chi connectivity index (χ1n) is 7.01. The van der Waals surface area contributed by atoms with Crippen LogP contribution in [0.3, 0.4) is 0 Å². The third-order valence-electron chi connectivity index (χ3n) is 3.84. The van der Waals surface area contributed by atoms with Crippen molar-refractivity contribution in [1.82, 2.24) is 14.8 Å². The molecule has 0 aromatic carbocycles. The molecular weight excluding hydrogens is 244 g/mol. The summed E-state index contributed by atoms with van der Waals surface area (Å²) < 4.78 is 2.15. The number of hydrogen-bond donors (Lipinski definition) is 1. The van der Waals surface area contributed by atoms with Crippen molar-refractivity contribution in [3.63, 3.8) is 0 Å². The average Bonchev–Trinajstić information content (AvgIpc) is 2.72. The lowest BCUT2D eigenvalue weighted by Crippen LogP contribution is -2.18. The second-order valence-corrected chi connectivity index (χ2v) is 6.42. The molecule has 1 aliphatic carbocycles. The Labute approximate surface area is 114 Å². The second kappa shape index (κ2) is 6.57. The zero-order valence-electron chi connectivity index (χ0n) is 11.4. The van der Waals surface area contributed by atoms with E-state index in [1.807, 2.05) is 18.7 Å². The van der Waals surface area contributed by atoms with Crippen molar-refractivity contribution in [2.24, 2.45) is 11.7 Å². The van der Waals surface area contributed by atoms with E-state index in [1.165, 1.54) is 32.1 Å². The molecule has 102 valence electrons. The molecule has 1 aromatic rings. The molecule has 1 heterocycles. The zero-order valence-corrected chi connectivity index (χ0v) is 12.2. The summed E-state index contributed by atoms with van der Waals surface area (Å²) in [5.74, 6) is 1.88. The van der Waals surface area contributed by atoms with E-state index < -0.39 is 0 Å². The smallest absolute Gasteiger partial charge is 0.191 e. The minimum atomic E-state index is 0.648. The Morgan fingerprint density at radius 3 is 2.94 bits per heavy atom. The summed E-state index contributed by atoms with van der Waals surface area (Å²) in [5.41, 5.74) is 5.65. The van der Waals surface area contributed by atoms with E-state index in [4.69, 9.17) is 5.73 Å². The summed E-state index contributed by atoms with van der Waals surface area (Å²) in [6.45, 7) is 5.78. The topological polar surface area (TPSA) is 56.7 Å². The number of hydrogen-bond acceptors (Lipinski definition) is 4. The summed E-state index contributed by atoms with van der Waals surface area (Å²) in [5, 5.41) is 10.2. The van der Waals surface area contributed by atoms with Crippen molar-refractivity contribution in [2.75, 3.05) is 6.54 Å². The van der Waals surface area contributed by atoms with Gasteiger partial charge in [0.1, 0.15) is 5.82 Å². The van der Waals surface area contributed by atoms with Gasteiger partial charge in [-0.05, 0) is 25.7 Å². The Kier molecular flexibility index (Phi) is 5.06. The lowest BCUT2D eigenvalue weighted by Gasteiger charge is -2.27. The van der Waals surface area contributed by atoms with Crippen LogP contribution >= 0.6 is 11.8 Å². The van der Waals surface area contributed by atoms with Gasteiger partial charge in [0.25, 0.3) is 0 Å². The number of aryl methyl sites for hydroxylation is 1. The van der Waals surface area contributed by atoms with Crippen LogP contribution in [-0.2, 0) is 6.54 Å². The van der Waals surface area contributed by atoms with Crippen LogP contribution in [0, 0.1) is 12.8 Å². The Balaban J connectivity index is 2.00. The average molecular weight is 268 g/mol. The van der Waals surface area contributed by atoms with Crippen LogP contribution in [-0.4, -0.2) is 26.6 Å². The Morgan fingerprint density at radius 2 is 2.22 bits per heavy atom. The van der Waals surface area contributed by atoms with E-state index in [2.05, 4.69) is 21.7 Å². The summed E-state index contributed by atoms with van der Waals surface area (Å²) in [6.07, 6.45) is 6.72. The molecule has 0 saturated heterocycles. The number of rotatable bonds is 5. The quantitative estimate of drug-likeness (QED) is 0.892. The lowest BCUT2D eigenvalue weighted by molar-refractivity contribution is 0.357. The van der Waals surface area contributed by atoms with E-state index >= 15 is 0 Å². The fourth-order valence-corrected chi connectivity index (χ4v) is 4.09. The van der Waals surface area contributed by atoms with E-state index in [0.717, 1.165) is 23.4 Å². The summed E-state index contributed by atoms with van der Waals surface area (Å²) in [4.78, 5) is 0. The van der Waals surface area contributed by atoms with E-state index in [9.17, 15) is 0 Å². The molecule has 0 bridgehead atoms. The summed E-state index contributed by atoms with van der Waals surface area (Å²) in [6, 6.07) is 0. The fraction of sp³-hybridized carbons (Fsp3) is 0.846. The fourth-order valence-electron chi connectivity index (χ4n) is 2.70. The summed E-state index contributed by atoms with van der Waals surface area (Å²) >= 11 is 1.90. The normalized spacial score (nSPS) is 24.4. The first-order chi connectivity index (χ1) is 8.74. The molecule has 1 saturated carbocycles. The van der Waals surface area contributed by atoms with Gasteiger partial charge in [-0.2, -0.15) is 0 Å². The van der Waals surface area contributed by atoms with Gasteiger partial charge in [0.05, 0.1) is 0 Å². The number of nitrogens with zero attached hydrogens (tertiary/aromatic N) is 3. The minimum Gasteiger partial charge on any atom is -0.329 e. The molecule has 2 unspecified atom stereocenters. The molecule has 5 heteroatoms. The van der Waals surface area contributed by atoms with Gasteiger partial charge in [-0.3, -0.25) is 0 Å².